The van der Waals surface area contributed by atoms with E-state index < -0.39 is 0 Å². The van der Waals surface area contributed by atoms with Gasteiger partial charge in [-0.1, -0.05) is 6.92 Å². The number of pyridine rings is 1. The number of amides is 1. The average Bonchev–Trinajstić information content (AvgIpc) is 2.45. The fourth-order valence-corrected chi connectivity index (χ4v) is 1.61. The van der Waals surface area contributed by atoms with Crippen LogP contribution in [-0.4, -0.2) is 27.4 Å². The summed E-state index contributed by atoms with van der Waals surface area (Å²) in [7, 11) is 0. The molecular weight excluding hydrogens is 254 g/mol. The lowest BCUT2D eigenvalue weighted by Crippen LogP contribution is -2.14. The van der Waals surface area contributed by atoms with Crippen LogP contribution in [0.15, 0.2) is 30.7 Å². The van der Waals surface area contributed by atoms with E-state index >= 15 is 0 Å². The first-order chi connectivity index (χ1) is 9.69. The van der Waals surface area contributed by atoms with Gasteiger partial charge in [-0.15, -0.1) is 0 Å². The van der Waals surface area contributed by atoms with Gasteiger partial charge in [-0.25, -0.2) is 9.97 Å². The van der Waals surface area contributed by atoms with Gasteiger partial charge in [0.15, 0.2) is 0 Å². The van der Waals surface area contributed by atoms with Gasteiger partial charge in [-0.3, -0.25) is 9.78 Å². The Kier molecular flexibility index (Phi) is 4.60. The molecule has 6 heteroatoms. The molecule has 0 spiro atoms. The summed E-state index contributed by atoms with van der Waals surface area (Å²) in [5.74, 6) is 0.383. The second-order valence-electron chi connectivity index (χ2n) is 4.35. The Morgan fingerprint density at radius 3 is 2.75 bits per heavy atom. The van der Waals surface area contributed by atoms with Crippen molar-refractivity contribution in [3.63, 3.8) is 0 Å². The van der Waals surface area contributed by atoms with E-state index in [1.165, 1.54) is 6.20 Å². The number of aryl methyl sites for hydroxylation is 1. The van der Waals surface area contributed by atoms with Gasteiger partial charge < -0.3 is 10.6 Å². The third kappa shape index (κ3) is 3.74. The van der Waals surface area contributed by atoms with Gasteiger partial charge in [-0.2, -0.15) is 0 Å². The molecule has 2 aromatic heterocycles. The lowest BCUT2D eigenvalue weighted by molar-refractivity contribution is 0.102. The first-order valence-corrected chi connectivity index (χ1v) is 6.49. The minimum atomic E-state index is -0.287. The molecular formula is C14H17N5O. The molecule has 20 heavy (non-hydrogen) atoms. The van der Waals surface area contributed by atoms with Gasteiger partial charge in [0.05, 0.1) is 12.4 Å². The second kappa shape index (κ2) is 6.60. The largest absolute Gasteiger partial charge is 0.369 e. The summed E-state index contributed by atoms with van der Waals surface area (Å²) in [6.07, 6.45) is 5.67. The number of nitrogens with zero attached hydrogens (tertiary/aromatic N) is 3. The summed E-state index contributed by atoms with van der Waals surface area (Å²) in [6.45, 7) is 4.76. The van der Waals surface area contributed by atoms with Gasteiger partial charge in [0.25, 0.3) is 5.91 Å². The number of hydrogen-bond donors (Lipinski definition) is 2. The quantitative estimate of drug-likeness (QED) is 0.872. The summed E-state index contributed by atoms with van der Waals surface area (Å²) in [5, 5.41) is 5.86. The van der Waals surface area contributed by atoms with Crippen LogP contribution in [0.3, 0.4) is 0 Å². The average molecular weight is 271 g/mol. The van der Waals surface area contributed by atoms with Crippen LogP contribution in [0, 0.1) is 6.92 Å². The molecule has 0 unspecified atom stereocenters. The molecule has 0 saturated carbocycles. The Morgan fingerprint density at radius 2 is 2.10 bits per heavy atom. The number of anilines is 2. The summed E-state index contributed by atoms with van der Waals surface area (Å²) >= 11 is 0. The highest BCUT2D eigenvalue weighted by molar-refractivity contribution is 6.02. The Hall–Kier alpha value is -2.50. The SMILES string of the molecule is CCCNc1cnc(C(=O)Nc2ccnc(C)c2)cn1. The van der Waals surface area contributed by atoms with Crippen LogP contribution in [0.25, 0.3) is 0 Å². The minimum absolute atomic E-state index is 0.279. The van der Waals surface area contributed by atoms with Crippen molar-refractivity contribution in [3.8, 4) is 0 Å². The van der Waals surface area contributed by atoms with Crippen molar-refractivity contribution in [2.24, 2.45) is 0 Å². The van der Waals surface area contributed by atoms with Gasteiger partial charge in [0, 0.05) is 24.1 Å². The van der Waals surface area contributed by atoms with Crippen LogP contribution in [-0.2, 0) is 0 Å². The molecule has 6 nitrogen and oxygen atoms in total. The van der Waals surface area contributed by atoms with Crippen molar-refractivity contribution in [2.75, 3.05) is 17.2 Å². The monoisotopic (exact) mass is 271 g/mol. The molecule has 0 fully saturated rings. The molecule has 2 rings (SSSR count). The predicted octanol–water partition coefficient (Wildman–Crippen LogP) is 2.25. The van der Waals surface area contributed by atoms with Crippen molar-refractivity contribution < 1.29 is 4.79 Å². The number of carbonyl (C=O) groups is 1. The zero-order valence-electron chi connectivity index (χ0n) is 11.6. The highest BCUT2D eigenvalue weighted by Gasteiger charge is 2.08. The zero-order valence-corrected chi connectivity index (χ0v) is 11.6. The minimum Gasteiger partial charge on any atom is -0.369 e. The van der Waals surface area contributed by atoms with Crippen LogP contribution in [0.5, 0.6) is 0 Å². The molecule has 0 radical (unpaired) electrons. The fourth-order valence-electron chi connectivity index (χ4n) is 1.61. The van der Waals surface area contributed by atoms with Crippen LogP contribution in [0.4, 0.5) is 11.5 Å². The van der Waals surface area contributed by atoms with Crippen LogP contribution >= 0.6 is 0 Å². The van der Waals surface area contributed by atoms with E-state index in [0.29, 0.717) is 11.5 Å². The van der Waals surface area contributed by atoms with Crippen molar-refractivity contribution in [1.82, 2.24) is 15.0 Å². The lowest BCUT2D eigenvalue weighted by Gasteiger charge is -2.06. The van der Waals surface area contributed by atoms with Crippen molar-refractivity contribution in [2.45, 2.75) is 20.3 Å². The molecule has 0 atom stereocenters. The molecule has 0 saturated heterocycles. The Labute approximate surface area is 117 Å². The van der Waals surface area contributed by atoms with E-state index in [2.05, 4.69) is 32.5 Å². The maximum absolute atomic E-state index is 12.0. The highest BCUT2D eigenvalue weighted by Crippen LogP contribution is 2.09. The summed E-state index contributed by atoms with van der Waals surface area (Å²) < 4.78 is 0. The maximum Gasteiger partial charge on any atom is 0.275 e. The predicted molar refractivity (Wildman–Crippen MR) is 77.7 cm³/mol. The molecule has 0 aliphatic rings. The number of carbonyl (C=O) groups excluding carboxylic acids is 1. The van der Waals surface area contributed by atoms with E-state index in [1.807, 2.05) is 6.92 Å². The Balaban J connectivity index is 2.02. The zero-order chi connectivity index (χ0) is 14.4. The first-order valence-electron chi connectivity index (χ1n) is 6.49. The number of rotatable bonds is 5. The van der Waals surface area contributed by atoms with Crippen LogP contribution in [0.1, 0.15) is 29.5 Å². The topological polar surface area (TPSA) is 79.8 Å². The van der Waals surface area contributed by atoms with Crippen molar-refractivity contribution in [3.05, 3.63) is 42.1 Å². The molecule has 1 amide bonds. The van der Waals surface area contributed by atoms with Crippen molar-refractivity contribution >= 4 is 17.4 Å². The standard InChI is InChI=1S/C14H17N5O/c1-3-5-16-13-9-17-12(8-18-13)14(20)19-11-4-6-15-10(2)7-11/h4,6-9H,3,5H2,1-2H3,(H,16,18)(H,15,19,20). The Bertz CT molecular complexity index is 582. The molecule has 2 heterocycles. The van der Waals surface area contributed by atoms with Gasteiger partial charge in [0.1, 0.15) is 11.5 Å². The number of hydrogen-bond acceptors (Lipinski definition) is 5. The lowest BCUT2D eigenvalue weighted by atomic mass is 10.3. The van der Waals surface area contributed by atoms with Gasteiger partial charge in [0.2, 0.25) is 0 Å². The van der Waals surface area contributed by atoms with Gasteiger partial charge in [-0.05, 0) is 25.5 Å². The van der Waals surface area contributed by atoms with Gasteiger partial charge >= 0.3 is 0 Å². The summed E-state index contributed by atoms with van der Waals surface area (Å²) in [6, 6.07) is 3.53. The smallest absolute Gasteiger partial charge is 0.275 e. The van der Waals surface area contributed by atoms with E-state index in [4.69, 9.17) is 0 Å². The third-order valence-electron chi connectivity index (χ3n) is 2.60. The molecule has 0 aromatic carbocycles. The maximum atomic E-state index is 12.0. The van der Waals surface area contributed by atoms with Crippen LogP contribution < -0.4 is 10.6 Å². The molecule has 2 N–H and O–H groups in total. The molecule has 104 valence electrons. The van der Waals surface area contributed by atoms with Crippen molar-refractivity contribution in [1.29, 1.82) is 0 Å². The number of nitrogens with one attached hydrogen (secondary N) is 2. The van der Waals surface area contributed by atoms with E-state index in [0.717, 1.165) is 18.7 Å². The molecule has 0 bridgehead atoms. The van der Waals surface area contributed by atoms with E-state index in [1.54, 1.807) is 24.5 Å². The molecule has 0 aliphatic carbocycles. The molecule has 0 aliphatic heterocycles. The van der Waals surface area contributed by atoms with E-state index in [9.17, 15) is 4.79 Å². The van der Waals surface area contributed by atoms with Crippen LogP contribution in [0.2, 0.25) is 0 Å². The van der Waals surface area contributed by atoms with E-state index in [-0.39, 0.29) is 11.6 Å². The summed E-state index contributed by atoms with van der Waals surface area (Å²) in [4.78, 5) is 24.3. The highest BCUT2D eigenvalue weighted by atomic mass is 16.1. The first kappa shape index (κ1) is 13.9. The normalized spacial score (nSPS) is 10.1. The number of aromatic nitrogens is 3. The third-order valence-corrected chi connectivity index (χ3v) is 2.60. The second-order valence-corrected chi connectivity index (χ2v) is 4.35. The molecule has 2 aromatic rings. The summed E-state index contributed by atoms with van der Waals surface area (Å²) in [5.41, 5.74) is 1.81. The Morgan fingerprint density at radius 1 is 1.25 bits per heavy atom. The fraction of sp³-hybridized carbons (Fsp3) is 0.286.